The number of carbonyl (C=O) groups excluding carboxylic acids is 1. The second-order valence-corrected chi connectivity index (χ2v) is 9.57. The van der Waals surface area contributed by atoms with Gasteiger partial charge in [0.1, 0.15) is 0 Å². The number of amides is 1. The summed E-state index contributed by atoms with van der Waals surface area (Å²) >= 11 is 3.48. The molecule has 3 aromatic rings. The predicted octanol–water partition coefficient (Wildman–Crippen LogP) is 5.62. The topological polar surface area (TPSA) is 110 Å². The minimum atomic E-state index is -0.632. The number of hydrogen-bond acceptors (Lipinski definition) is 8. The third-order valence-electron chi connectivity index (χ3n) is 6.15. The van der Waals surface area contributed by atoms with E-state index in [1.165, 1.54) is 19.1 Å². The van der Waals surface area contributed by atoms with Gasteiger partial charge in [0, 0.05) is 15.4 Å². The quantitative estimate of drug-likeness (QED) is 0.203. The predicted molar refractivity (Wildman–Crippen MR) is 144 cm³/mol. The number of oxime groups is 1. The third kappa shape index (κ3) is 6.66. The molecule has 37 heavy (non-hydrogen) atoms. The molecule has 1 fully saturated rings. The summed E-state index contributed by atoms with van der Waals surface area (Å²) in [7, 11) is 3.10. The molecule has 2 aromatic carbocycles. The monoisotopic (exact) mass is 571 g/mol. The molecule has 0 radical (unpaired) electrons. The molecule has 0 spiro atoms. The Balaban J connectivity index is 1.44. The first-order chi connectivity index (χ1) is 18.0. The van der Waals surface area contributed by atoms with E-state index >= 15 is 0 Å². The molecule has 0 aliphatic carbocycles. The first kappa shape index (κ1) is 26.6. The van der Waals surface area contributed by atoms with Crippen molar-refractivity contribution in [2.75, 3.05) is 33.9 Å². The molecule has 0 unspecified atom stereocenters. The minimum Gasteiger partial charge on any atom is -0.493 e. The van der Waals surface area contributed by atoms with E-state index in [9.17, 15) is 9.90 Å². The van der Waals surface area contributed by atoms with Gasteiger partial charge in [0.15, 0.2) is 23.8 Å². The van der Waals surface area contributed by atoms with Gasteiger partial charge in [-0.3, -0.25) is 14.3 Å². The number of benzene rings is 2. The van der Waals surface area contributed by atoms with Crippen molar-refractivity contribution < 1.29 is 24.2 Å². The Morgan fingerprint density at radius 2 is 1.81 bits per heavy atom. The first-order valence-electron chi connectivity index (χ1n) is 12.0. The number of methoxy groups -OCH3 is 2. The van der Waals surface area contributed by atoms with Gasteiger partial charge in [0.05, 0.1) is 32.6 Å². The molecule has 1 N–H and O–H groups in total. The van der Waals surface area contributed by atoms with Gasteiger partial charge in [0.2, 0.25) is 5.88 Å². The summed E-state index contributed by atoms with van der Waals surface area (Å²) in [6.45, 7) is 2.10. The lowest BCUT2D eigenvalue weighted by atomic mass is 10.2. The molecule has 4 rings (SSSR count). The van der Waals surface area contributed by atoms with Gasteiger partial charge in [0.25, 0.3) is 0 Å². The fraction of sp³-hybridized carbons (Fsp3) is 0.385. The van der Waals surface area contributed by atoms with E-state index in [0.29, 0.717) is 29.1 Å². The Morgan fingerprint density at radius 1 is 1.05 bits per heavy atom. The average Bonchev–Trinajstić information content (AvgIpc) is 3.05. The van der Waals surface area contributed by atoms with E-state index in [2.05, 4.69) is 36.2 Å². The number of azo groups is 1. The fourth-order valence-electron chi connectivity index (χ4n) is 4.27. The highest BCUT2D eigenvalue weighted by atomic mass is 79.9. The summed E-state index contributed by atoms with van der Waals surface area (Å²) in [5, 5.41) is 23.4. The number of carbonyl (C=O) groups is 1. The highest BCUT2D eigenvalue weighted by Gasteiger charge is 2.20. The average molecular weight is 572 g/mol. The molecule has 1 aromatic heterocycles. The molecule has 2 heterocycles. The van der Waals surface area contributed by atoms with Crippen molar-refractivity contribution in [3.63, 3.8) is 0 Å². The largest absolute Gasteiger partial charge is 0.493 e. The normalized spacial score (nSPS) is 14.9. The Hall–Kier alpha value is -3.44. The smallest absolute Gasteiger partial charge is 0.304 e. The maximum Gasteiger partial charge on any atom is 0.304 e. The maximum atomic E-state index is 12.3. The number of ether oxygens (including phenoxy) is 2. The van der Waals surface area contributed by atoms with Gasteiger partial charge in [-0.1, -0.05) is 33.9 Å². The zero-order valence-electron chi connectivity index (χ0n) is 20.9. The summed E-state index contributed by atoms with van der Waals surface area (Å²) in [5.41, 5.74) is 1.77. The van der Waals surface area contributed by atoms with Crippen LogP contribution in [0.4, 0.5) is 5.69 Å². The Kier molecular flexibility index (Phi) is 9.13. The van der Waals surface area contributed by atoms with Crippen molar-refractivity contribution in [3.05, 3.63) is 46.4 Å². The van der Waals surface area contributed by atoms with E-state index in [1.54, 1.807) is 32.4 Å². The third-order valence-corrected chi connectivity index (χ3v) is 6.64. The first-order valence-corrected chi connectivity index (χ1v) is 12.8. The van der Waals surface area contributed by atoms with Crippen LogP contribution in [0.15, 0.2) is 56.3 Å². The highest BCUT2D eigenvalue weighted by molar-refractivity contribution is 9.10. The Bertz CT molecular complexity index is 1300. The van der Waals surface area contributed by atoms with E-state index < -0.39 is 12.5 Å². The summed E-state index contributed by atoms with van der Waals surface area (Å²) < 4.78 is 13.1. The number of halogens is 1. The number of aromatic hydroxyl groups is 1. The SMILES string of the molecule is COc1ccc(C=NOCC(=O)N=Nc2c(O)n(CN3CCCCCC3)c3ccc(Br)cc23)cc1OC. The van der Waals surface area contributed by atoms with Gasteiger partial charge in [-0.2, -0.15) is 0 Å². The minimum absolute atomic E-state index is 0.0266. The molecular weight excluding hydrogens is 542 g/mol. The van der Waals surface area contributed by atoms with Crippen LogP contribution in [0.25, 0.3) is 10.9 Å². The van der Waals surface area contributed by atoms with Crippen LogP contribution in [0, 0.1) is 0 Å². The van der Waals surface area contributed by atoms with Crippen molar-refractivity contribution in [3.8, 4) is 17.4 Å². The molecule has 0 saturated carbocycles. The molecule has 196 valence electrons. The second kappa shape index (κ2) is 12.7. The van der Waals surface area contributed by atoms with Crippen molar-refractivity contribution in [1.29, 1.82) is 0 Å². The second-order valence-electron chi connectivity index (χ2n) is 8.65. The molecule has 11 heteroatoms. The Labute approximate surface area is 223 Å². The number of likely N-dealkylation sites (tertiary alicyclic amines) is 1. The molecule has 1 aliphatic heterocycles. The maximum absolute atomic E-state index is 12.3. The van der Waals surface area contributed by atoms with E-state index in [4.69, 9.17) is 14.3 Å². The van der Waals surface area contributed by atoms with Gasteiger partial charge in [-0.15, -0.1) is 10.2 Å². The lowest BCUT2D eigenvalue weighted by molar-refractivity contribution is -0.122. The van der Waals surface area contributed by atoms with Crippen LogP contribution in [0.5, 0.6) is 17.4 Å². The molecule has 0 bridgehead atoms. The molecule has 1 saturated heterocycles. The molecule has 10 nitrogen and oxygen atoms in total. The molecular formula is C26H30BrN5O5. The number of aromatic nitrogens is 1. The lowest BCUT2D eigenvalue weighted by Gasteiger charge is -2.21. The standard InChI is InChI=1S/C26H30BrN5O5/c1-35-22-10-7-18(13-23(22)36-2)15-28-37-16-24(33)29-30-25-20-14-19(27)8-9-21(20)32(26(25)34)17-31-11-5-3-4-6-12-31/h7-10,13-15,34H,3-6,11-12,16-17H2,1-2H3. The highest BCUT2D eigenvalue weighted by Crippen LogP contribution is 2.40. The van der Waals surface area contributed by atoms with Gasteiger partial charge >= 0.3 is 5.91 Å². The number of hydrogen-bond donors (Lipinski definition) is 1. The van der Waals surface area contributed by atoms with Gasteiger partial charge in [-0.05, 0) is 62.3 Å². The van der Waals surface area contributed by atoms with Crippen LogP contribution in [-0.4, -0.2) is 60.6 Å². The van der Waals surface area contributed by atoms with Crippen molar-refractivity contribution in [2.24, 2.45) is 15.4 Å². The molecule has 0 atom stereocenters. The lowest BCUT2D eigenvalue weighted by Crippen LogP contribution is -2.27. The van der Waals surface area contributed by atoms with E-state index in [-0.39, 0.29) is 11.6 Å². The zero-order chi connectivity index (χ0) is 26.2. The van der Waals surface area contributed by atoms with Crippen LogP contribution in [0.3, 0.4) is 0 Å². The van der Waals surface area contributed by atoms with Gasteiger partial charge < -0.3 is 19.4 Å². The molecule has 1 aliphatic rings. The van der Waals surface area contributed by atoms with Crippen LogP contribution >= 0.6 is 15.9 Å². The summed E-state index contributed by atoms with van der Waals surface area (Å²) in [6, 6.07) is 10.9. The summed E-state index contributed by atoms with van der Waals surface area (Å²) in [6.07, 6.45) is 6.18. The summed E-state index contributed by atoms with van der Waals surface area (Å²) in [5.74, 6) is 0.491. The summed E-state index contributed by atoms with van der Waals surface area (Å²) in [4.78, 5) is 19.7. The van der Waals surface area contributed by atoms with Crippen molar-refractivity contribution in [1.82, 2.24) is 9.47 Å². The van der Waals surface area contributed by atoms with Crippen molar-refractivity contribution in [2.45, 2.75) is 32.4 Å². The zero-order valence-corrected chi connectivity index (χ0v) is 22.5. The van der Waals surface area contributed by atoms with Crippen LogP contribution in [0.2, 0.25) is 0 Å². The fourth-order valence-corrected chi connectivity index (χ4v) is 4.63. The van der Waals surface area contributed by atoms with Crippen molar-refractivity contribution >= 4 is 44.6 Å². The number of rotatable bonds is 9. The van der Waals surface area contributed by atoms with E-state index in [1.807, 2.05) is 22.8 Å². The van der Waals surface area contributed by atoms with Crippen LogP contribution in [0.1, 0.15) is 31.2 Å². The van der Waals surface area contributed by atoms with E-state index in [0.717, 1.165) is 35.9 Å². The van der Waals surface area contributed by atoms with Crippen LogP contribution < -0.4 is 9.47 Å². The number of nitrogens with zero attached hydrogens (tertiary/aromatic N) is 5. The number of fused-ring (bicyclic) bond motifs is 1. The van der Waals surface area contributed by atoms with Gasteiger partial charge in [-0.25, -0.2) is 0 Å². The Morgan fingerprint density at radius 3 is 2.54 bits per heavy atom. The molecule has 1 amide bonds. The van der Waals surface area contributed by atoms with Crippen LogP contribution in [-0.2, 0) is 16.3 Å².